The van der Waals surface area contributed by atoms with Crippen LogP contribution in [0.25, 0.3) is 0 Å². The van der Waals surface area contributed by atoms with Crippen LogP contribution >= 0.6 is 0 Å². The molecule has 0 aromatic carbocycles. The summed E-state index contributed by atoms with van der Waals surface area (Å²) >= 11 is 0. The van der Waals surface area contributed by atoms with Crippen molar-refractivity contribution in [1.29, 1.82) is 0 Å². The van der Waals surface area contributed by atoms with E-state index in [1.807, 2.05) is 0 Å². The van der Waals surface area contributed by atoms with Crippen molar-refractivity contribution in [3.05, 3.63) is 0 Å². The fraction of sp³-hybridized carbons (Fsp3) is 1.00. The van der Waals surface area contributed by atoms with Gasteiger partial charge in [-0.25, -0.2) is 0 Å². The van der Waals surface area contributed by atoms with Gasteiger partial charge in [0.25, 0.3) is 0 Å². The van der Waals surface area contributed by atoms with Gasteiger partial charge in [-0.3, -0.25) is 0 Å². The molecule has 2 rings (SSSR count). The van der Waals surface area contributed by atoms with Crippen LogP contribution < -0.4 is 0 Å². The number of rotatable bonds is 1. The summed E-state index contributed by atoms with van der Waals surface area (Å²) in [4.78, 5) is 0. The molecule has 0 spiro atoms. The second-order valence-electron chi connectivity index (χ2n) is 3.98. The maximum atomic E-state index is 5.55. The highest BCUT2D eigenvalue weighted by Crippen LogP contribution is 2.43. The van der Waals surface area contributed by atoms with Crippen LogP contribution in [0.4, 0.5) is 0 Å². The summed E-state index contributed by atoms with van der Waals surface area (Å²) in [5, 5.41) is 0. The van der Waals surface area contributed by atoms with E-state index in [1.54, 1.807) is 0 Å². The minimum Gasteiger partial charge on any atom is -0.369 e. The number of hydrogen-bond acceptors (Lipinski definition) is 1. The van der Waals surface area contributed by atoms with Crippen LogP contribution in [0, 0.1) is 11.8 Å². The molecule has 1 saturated heterocycles. The zero-order valence-corrected chi connectivity index (χ0v) is 6.84. The van der Waals surface area contributed by atoms with E-state index < -0.39 is 0 Å². The maximum Gasteiger partial charge on any atom is 0.0872 e. The highest BCUT2D eigenvalue weighted by Gasteiger charge is 2.47. The smallest absolute Gasteiger partial charge is 0.0872 e. The Hall–Kier alpha value is -0.0400. The minimum absolute atomic E-state index is 0.661. The first-order valence-corrected chi connectivity index (χ1v) is 4.44. The van der Waals surface area contributed by atoms with Crippen molar-refractivity contribution >= 4 is 0 Å². The van der Waals surface area contributed by atoms with E-state index in [0.717, 1.165) is 11.8 Å². The molecule has 1 unspecified atom stereocenters. The van der Waals surface area contributed by atoms with Gasteiger partial charge in [0, 0.05) is 0 Å². The van der Waals surface area contributed by atoms with Gasteiger partial charge in [-0.2, -0.15) is 0 Å². The number of epoxide rings is 1. The molecule has 0 aromatic heterocycles. The Morgan fingerprint density at radius 2 is 2.10 bits per heavy atom. The Labute approximate surface area is 62.8 Å². The summed E-state index contributed by atoms with van der Waals surface area (Å²) in [6.45, 7) is 4.63. The van der Waals surface area contributed by atoms with Crippen molar-refractivity contribution in [2.45, 2.75) is 45.3 Å². The molecule has 0 bridgehead atoms. The molecule has 0 radical (unpaired) electrons. The second kappa shape index (κ2) is 2.23. The highest BCUT2D eigenvalue weighted by molar-refractivity contribution is 4.95. The predicted octanol–water partition coefficient (Wildman–Crippen LogP) is 2.21. The average Bonchev–Trinajstić information content (AvgIpc) is 2.63. The number of ether oxygens (including phenoxy) is 1. The first-order chi connectivity index (χ1) is 4.79. The fourth-order valence-corrected chi connectivity index (χ4v) is 2.20. The summed E-state index contributed by atoms with van der Waals surface area (Å²) in [6.07, 6.45) is 5.45. The van der Waals surface area contributed by atoms with E-state index in [2.05, 4.69) is 13.8 Å². The third-order valence-electron chi connectivity index (χ3n) is 2.93. The van der Waals surface area contributed by atoms with Gasteiger partial charge >= 0.3 is 0 Å². The lowest BCUT2D eigenvalue weighted by atomic mass is 9.82. The molecule has 58 valence electrons. The van der Waals surface area contributed by atoms with E-state index in [9.17, 15) is 0 Å². The monoisotopic (exact) mass is 140 g/mol. The second-order valence-corrected chi connectivity index (χ2v) is 3.98. The van der Waals surface area contributed by atoms with Gasteiger partial charge in [-0.05, 0) is 24.7 Å². The Morgan fingerprint density at radius 1 is 1.30 bits per heavy atom. The van der Waals surface area contributed by atoms with Gasteiger partial charge in [-0.1, -0.05) is 20.3 Å². The van der Waals surface area contributed by atoms with E-state index in [0.29, 0.717) is 12.2 Å². The topological polar surface area (TPSA) is 12.5 Å². The van der Waals surface area contributed by atoms with Gasteiger partial charge in [0.2, 0.25) is 0 Å². The average molecular weight is 140 g/mol. The lowest BCUT2D eigenvalue weighted by Crippen LogP contribution is -2.21. The third-order valence-corrected chi connectivity index (χ3v) is 2.93. The SMILES string of the molecule is CC(C)C1CCC[C@H]2O[C@@H]12. The van der Waals surface area contributed by atoms with Gasteiger partial charge < -0.3 is 4.74 Å². The zero-order valence-electron chi connectivity index (χ0n) is 6.84. The van der Waals surface area contributed by atoms with Crippen LogP contribution in [0.3, 0.4) is 0 Å². The van der Waals surface area contributed by atoms with E-state index in [1.165, 1.54) is 19.3 Å². The molecular weight excluding hydrogens is 124 g/mol. The van der Waals surface area contributed by atoms with Gasteiger partial charge in [0.1, 0.15) is 0 Å². The molecule has 0 N–H and O–H groups in total. The summed E-state index contributed by atoms with van der Waals surface area (Å²) in [5.74, 6) is 1.70. The standard InChI is InChI=1S/C9H16O/c1-6(2)7-4-3-5-8-9(7)10-8/h6-9H,3-5H2,1-2H3/t7?,8-,9+/m1/s1. The molecule has 2 aliphatic rings. The van der Waals surface area contributed by atoms with Crippen molar-refractivity contribution in [3.8, 4) is 0 Å². The number of hydrogen-bond donors (Lipinski definition) is 0. The first-order valence-electron chi connectivity index (χ1n) is 4.44. The summed E-state index contributed by atoms with van der Waals surface area (Å²) < 4.78 is 5.55. The summed E-state index contributed by atoms with van der Waals surface area (Å²) in [7, 11) is 0. The normalized spacial score (nSPS) is 45.3. The zero-order chi connectivity index (χ0) is 7.14. The Balaban J connectivity index is 1.96. The lowest BCUT2D eigenvalue weighted by Gasteiger charge is -2.21. The van der Waals surface area contributed by atoms with Crippen molar-refractivity contribution < 1.29 is 4.74 Å². The number of fused-ring (bicyclic) bond motifs is 1. The Kier molecular flexibility index (Phi) is 1.48. The molecular formula is C9H16O. The van der Waals surface area contributed by atoms with Crippen LogP contribution in [0.1, 0.15) is 33.1 Å². The van der Waals surface area contributed by atoms with Crippen LogP contribution in [-0.4, -0.2) is 12.2 Å². The van der Waals surface area contributed by atoms with E-state index in [-0.39, 0.29) is 0 Å². The lowest BCUT2D eigenvalue weighted by molar-refractivity contribution is 0.262. The third kappa shape index (κ3) is 0.968. The van der Waals surface area contributed by atoms with Crippen molar-refractivity contribution in [2.75, 3.05) is 0 Å². The molecule has 1 aliphatic carbocycles. The molecule has 1 saturated carbocycles. The van der Waals surface area contributed by atoms with Crippen LogP contribution in [-0.2, 0) is 4.74 Å². The van der Waals surface area contributed by atoms with E-state index in [4.69, 9.17) is 4.74 Å². The van der Waals surface area contributed by atoms with Gasteiger partial charge in [0.05, 0.1) is 12.2 Å². The fourth-order valence-electron chi connectivity index (χ4n) is 2.20. The first kappa shape index (κ1) is 6.66. The van der Waals surface area contributed by atoms with Crippen LogP contribution in [0.5, 0.6) is 0 Å². The van der Waals surface area contributed by atoms with Gasteiger partial charge in [-0.15, -0.1) is 0 Å². The van der Waals surface area contributed by atoms with Crippen molar-refractivity contribution in [2.24, 2.45) is 11.8 Å². The minimum atomic E-state index is 0.661. The molecule has 1 heteroatoms. The summed E-state index contributed by atoms with van der Waals surface area (Å²) in [5.41, 5.74) is 0. The highest BCUT2D eigenvalue weighted by atomic mass is 16.6. The molecule has 0 aromatic rings. The van der Waals surface area contributed by atoms with Crippen LogP contribution in [0.15, 0.2) is 0 Å². The van der Waals surface area contributed by atoms with E-state index >= 15 is 0 Å². The molecule has 0 amide bonds. The van der Waals surface area contributed by atoms with Gasteiger partial charge in [0.15, 0.2) is 0 Å². The predicted molar refractivity (Wildman–Crippen MR) is 40.8 cm³/mol. The molecule has 1 heterocycles. The molecule has 2 fully saturated rings. The van der Waals surface area contributed by atoms with Crippen LogP contribution in [0.2, 0.25) is 0 Å². The Bertz CT molecular complexity index is 131. The summed E-state index contributed by atoms with van der Waals surface area (Å²) in [6, 6.07) is 0. The van der Waals surface area contributed by atoms with Crippen molar-refractivity contribution in [3.63, 3.8) is 0 Å². The molecule has 1 nitrogen and oxygen atoms in total. The molecule has 10 heavy (non-hydrogen) atoms. The Morgan fingerprint density at radius 3 is 2.70 bits per heavy atom. The molecule has 1 aliphatic heterocycles. The largest absolute Gasteiger partial charge is 0.369 e. The molecule has 3 atom stereocenters. The maximum absolute atomic E-state index is 5.55. The van der Waals surface area contributed by atoms with Crippen molar-refractivity contribution in [1.82, 2.24) is 0 Å². The quantitative estimate of drug-likeness (QED) is 0.509.